The van der Waals surface area contributed by atoms with Crippen LogP contribution in [0.5, 0.6) is 0 Å². The average Bonchev–Trinajstić information content (AvgIpc) is 3.03. The van der Waals surface area contributed by atoms with Gasteiger partial charge in [-0.1, -0.05) is 25.1 Å². The van der Waals surface area contributed by atoms with E-state index in [2.05, 4.69) is 16.6 Å². The van der Waals surface area contributed by atoms with Gasteiger partial charge in [-0.15, -0.1) is 11.3 Å². The second-order valence-electron chi connectivity index (χ2n) is 6.77. The third-order valence-electron chi connectivity index (χ3n) is 4.66. The van der Waals surface area contributed by atoms with Gasteiger partial charge in [0, 0.05) is 19.1 Å². The van der Waals surface area contributed by atoms with Gasteiger partial charge in [-0.05, 0) is 44.7 Å². The van der Waals surface area contributed by atoms with Crippen LogP contribution in [0.1, 0.15) is 46.6 Å². The van der Waals surface area contributed by atoms with Gasteiger partial charge >= 0.3 is 0 Å². The van der Waals surface area contributed by atoms with Crippen molar-refractivity contribution in [3.8, 4) is 0 Å². The summed E-state index contributed by atoms with van der Waals surface area (Å²) < 4.78 is 27.7. The number of benzene rings is 1. The van der Waals surface area contributed by atoms with E-state index < -0.39 is 10.0 Å². The summed E-state index contributed by atoms with van der Waals surface area (Å²) in [6, 6.07) is 8.22. The zero-order chi connectivity index (χ0) is 19.4. The number of hydrogen-bond acceptors (Lipinski definition) is 5. The largest absolute Gasteiger partial charge is 0.338 e. The lowest BCUT2D eigenvalue weighted by molar-refractivity contribution is 0.0715. The van der Waals surface area contributed by atoms with E-state index in [1.54, 1.807) is 30.3 Å². The highest BCUT2D eigenvalue weighted by Crippen LogP contribution is 2.23. The summed E-state index contributed by atoms with van der Waals surface area (Å²) in [4.78, 5) is 20.1. The van der Waals surface area contributed by atoms with Crippen LogP contribution in [-0.2, 0) is 16.4 Å². The summed E-state index contributed by atoms with van der Waals surface area (Å²) in [5, 5.41) is 1.00. The van der Waals surface area contributed by atoms with E-state index in [-0.39, 0.29) is 16.8 Å². The van der Waals surface area contributed by atoms with Gasteiger partial charge in [-0.2, -0.15) is 0 Å². The smallest absolute Gasteiger partial charge is 0.265 e. The van der Waals surface area contributed by atoms with Crippen molar-refractivity contribution in [3.63, 3.8) is 0 Å². The molecule has 1 aromatic heterocycles. The molecule has 1 fully saturated rings. The first-order chi connectivity index (χ1) is 12.9. The van der Waals surface area contributed by atoms with Crippen molar-refractivity contribution in [1.29, 1.82) is 0 Å². The molecule has 0 saturated carbocycles. The van der Waals surface area contributed by atoms with Crippen LogP contribution in [0, 0.1) is 6.92 Å². The summed E-state index contributed by atoms with van der Waals surface area (Å²) in [7, 11) is -3.52. The molecule has 0 bridgehead atoms. The zero-order valence-corrected chi connectivity index (χ0v) is 17.3. The Bertz CT molecular complexity index is 886. The number of sulfonamides is 1. The minimum absolute atomic E-state index is 0.0109. The van der Waals surface area contributed by atoms with Crippen LogP contribution < -0.4 is 4.72 Å². The minimum Gasteiger partial charge on any atom is -0.338 e. The predicted molar refractivity (Wildman–Crippen MR) is 107 cm³/mol. The molecule has 1 amide bonds. The highest BCUT2D eigenvalue weighted by atomic mass is 32.2. The Labute approximate surface area is 164 Å². The molecule has 2 aromatic rings. The van der Waals surface area contributed by atoms with Crippen molar-refractivity contribution < 1.29 is 13.2 Å². The molecule has 3 rings (SSSR count). The lowest BCUT2D eigenvalue weighted by Crippen LogP contribution is -2.46. The summed E-state index contributed by atoms with van der Waals surface area (Å²) in [6.45, 7) is 5.06. The lowest BCUT2D eigenvalue weighted by Gasteiger charge is -2.32. The van der Waals surface area contributed by atoms with Crippen LogP contribution in [-0.4, -0.2) is 43.3 Å². The highest BCUT2D eigenvalue weighted by molar-refractivity contribution is 7.89. The van der Waals surface area contributed by atoms with Crippen LogP contribution >= 0.6 is 11.3 Å². The second-order valence-corrected chi connectivity index (χ2v) is 9.57. The number of thiazole rings is 1. The minimum atomic E-state index is -3.52. The molecule has 0 radical (unpaired) electrons. The second kappa shape index (κ2) is 8.50. The fourth-order valence-electron chi connectivity index (χ4n) is 3.20. The predicted octanol–water partition coefficient (Wildman–Crippen LogP) is 2.99. The van der Waals surface area contributed by atoms with E-state index >= 15 is 0 Å². The number of aryl methyl sites for hydroxylation is 2. The molecule has 146 valence electrons. The van der Waals surface area contributed by atoms with Crippen LogP contribution in [0.2, 0.25) is 0 Å². The summed E-state index contributed by atoms with van der Waals surface area (Å²) in [6.07, 6.45) is 3.12. The maximum absolute atomic E-state index is 12.8. The number of rotatable bonds is 6. The Kier molecular flexibility index (Phi) is 6.29. The number of nitrogens with one attached hydrogen (secondary N) is 1. The van der Waals surface area contributed by atoms with Crippen LogP contribution in [0.4, 0.5) is 0 Å². The van der Waals surface area contributed by atoms with Crippen LogP contribution in [0.3, 0.4) is 0 Å². The monoisotopic (exact) mass is 407 g/mol. The van der Waals surface area contributed by atoms with Gasteiger partial charge in [0.2, 0.25) is 10.0 Å². The number of hydrogen-bond donors (Lipinski definition) is 1. The van der Waals surface area contributed by atoms with Gasteiger partial charge in [0.1, 0.15) is 4.88 Å². The quantitative estimate of drug-likeness (QED) is 0.798. The number of aromatic nitrogens is 1. The Balaban J connectivity index is 1.59. The summed E-state index contributed by atoms with van der Waals surface area (Å²) in [5.41, 5.74) is 0.792. The first-order valence-corrected chi connectivity index (χ1v) is 11.5. The van der Waals surface area contributed by atoms with Gasteiger partial charge < -0.3 is 4.90 Å². The van der Waals surface area contributed by atoms with Crippen LogP contribution in [0.25, 0.3) is 0 Å². The molecule has 1 N–H and O–H groups in total. The number of carbonyl (C=O) groups excluding carboxylic acids is 1. The fraction of sp³-hybridized carbons (Fsp3) is 0.474. The van der Waals surface area contributed by atoms with Crippen molar-refractivity contribution >= 4 is 27.3 Å². The van der Waals surface area contributed by atoms with E-state index in [0.717, 1.165) is 23.5 Å². The first kappa shape index (κ1) is 20.0. The first-order valence-electron chi connectivity index (χ1n) is 9.23. The van der Waals surface area contributed by atoms with Crippen molar-refractivity contribution in [2.45, 2.75) is 50.5 Å². The maximum Gasteiger partial charge on any atom is 0.265 e. The Morgan fingerprint density at radius 3 is 2.56 bits per heavy atom. The molecule has 0 aliphatic carbocycles. The van der Waals surface area contributed by atoms with Gasteiger partial charge in [0.25, 0.3) is 5.91 Å². The number of likely N-dealkylation sites (tertiary alicyclic amines) is 1. The van der Waals surface area contributed by atoms with E-state index in [4.69, 9.17) is 0 Å². The molecule has 8 heteroatoms. The van der Waals surface area contributed by atoms with Crippen LogP contribution in [0.15, 0.2) is 35.2 Å². The molecule has 1 saturated heterocycles. The maximum atomic E-state index is 12.8. The van der Waals surface area contributed by atoms with E-state index in [0.29, 0.717) is 30.8 Å². The molecular weight excluding hydrogens is 382 g/mol. The van der Waals surface area contributed by atoms with E-state index in [9.17, 15) is 13.2 Å². The third-order valence-corrected chi connectivity index (χ3v) is 7.40. The van der Waals surface area contributed by atoms with Crippen molar-refractivity contribution in [2.24, 2.45) is 0 Å². The molecule has 2 heterocycles. The molecule has 0 atom stereocenters. The van der Waals surface area contributed by atoms with Crippen molar-refractivity contribution in [3.05, 3.63) is 45.9 Å². The zero-order valence-electron chi connectivity index (χ0n) is 15.6. The van der Waals surface area contributed by atoms with E-state index in [1.807, 2.05) is 11.8 Å². The topological polar surface area (TPSA) is 79.4 Å². The van der Waals surface area contributed by atoms with Gasteiger partial charge in [-0.3, -0.25) is 4.79 Å². The average molecular weight is 408 g/mol. The number of carbonyl (C=O) groups is 1. The van der Waals surface area contributed by atoms with E-state index in [1.165, 1.54) is 11.3 Å². The normalized spacial score (nSPS) is 15.9. The molecule has 1 aromatic carbocycles. The standard InChI is InChI=1S/C19H25N3O3S2/c1-3-7-17-20-14(2)18(26-17)19(23)22-12-10-15(11-13-22)21-27(24,25)16-8-5-4-6-9-16/h4-6,8-9,15,21H,3,7,10-13H2,1-2H3. The Morgan fingerprint density at radius 2 is 1.93 bits per heavy atom. The molecule has 6 nitrogen and oxygen atoms in total. The van der Waals surface area contributed by atoms with Crippen molar-refractivity contribution in [1.82, 2.24) is 14.6 Å². The Morgan fingerprint density at radius 1 is 1.26 bits per heavy atom. The summed E-state index contributed by atoms with van der Waals surface area (Å²) >= 11 is 1.48. The summed E-state index contributed by atoms with van der Waals surface area (Å²) in [5.74, 6) is 0.0109. The van der Waals surface area contributed by atoms with Gasteiger partial charge in [0.05, 0.1) is 15.6 Å². The molecule has 1 aliphatic rings. The molecular formula is C19H25N3O3S2. The number of nitrogens with zero attached hydrogens (tertiary/aromatic N) is 2. The Hall–Kier alpha value is -1.77. The lowest BCUT2D eigenvalue weighted by atomic mass is 10.1. The SMILES string of the molecule is CCCc1nc(C)c(C(=O)N2CCC(NS(=O)(=O)c3ccccc3)CC2)s1. The molecule has 1 aliphatic heterocycles. The molecule has 0 unspecified atom stereocenters. The third kappa shape index (κ3) is 4.75. The number of piperidine rings is 1. The van der Waals surface area contributed by atoms with Gasteiger partial charge in [-0.25, -0.2) is 18.1 Å². The highest BCUT2D eigenvalue weighted by Gasteiger charge is 2.28. The molecule has 0 spiro atoms. The van der Waals surface area contributed by atoms with Gasteiger partial charge in [0.15, 0.2) is 0 Å². The van der Waals surface area contributed by atoms with Crippen molar-refractivity contribution in [2.75, 3.05) is 13.1 Å². The fourth-order valence-corrected chi connectivity index (χ4v) is 5.66. The number of amides is 1. The molecule has 27 heavy (non-hydrogen) atoms.